The normalized spacial score (nSPS) is 48.7. The second-order valence-corrected chi connectivity index (χ2v) is 19.3. The van der Waals surface area contributed by atoms with E-state index in [0.29, 0.717) is 43.3 Å². The number of esters is 1. The molecule has 3 N–H and O–H groups in total. The van der Waals surface area contributed by atoms with Crippen molar-refractivity contribution in [2.45, 2.75) is 185 Å². The van der Waals surface area contributed by atoms with Crippen LogP contribution < -0.4 is 0 Å². The summed E-state index contributed by atoms with van der Waals surface area (Å²) in [6, 6.07) is 0. The van der Waals surface area contributed by atoms with E-state index in [1.54, 1.807) is 40.2 Å². The van der Waals surface area contributed by atoms with E-state index in [1.165, 1.54) is 0 Å². The molecule has 14 heteroatoms. The van der Waals surface area contributed by atoms with Gasteiger partial charge in [-0.3, -0.25) is 4.79 Å². The highest BCUT2D eigenvalue weighted by atomic mass is 16.7. The van der Waals surface area contributed by atoms with Crippen LogP contribution >= 0.6 is 0 Å². The number of methoxy groups -OCH3 is 2. The number of allylic oxidation sites excluding steroid dienone is 2. The lowest BCUT2D eigenvalue weighted by Crippen LogP contribution is -2.61. The van der Waals surface area contributed by atoms with Crippen LogP contribution in [0, 0.1) is 29.6 Å². The Morgan fingerprint density at radius 2 is 1.60 bits per heavy atom. The van der Waals surface area contributed by atoms with Crippen molar-refractivity contribution in [3.8, 4) is 0 Å². The third-order valence-corrected chi connectivity index (χ3v) is 14.9. The molecule has 0 amide bonds. The summed E-state index contributed by atoms with van der Waals surface area (Å²) in [4.78, 5) is 14.5. The first kappa shape index (κ1) is 48.6. The monoisotopic (exact) mass is 887 g/mol. The maximum absolute atomic E-state index is 14.5. The van der Waals surface area contributed by atoms with E-state index in [-0.39, 0.29) is 49.3 Å². The first-order chi connectivity index (χ1) is 30.0. The smallest absolute Gasteiger partial charge is 0.316 e. The predicted octanol–water partition coefficient (Wildman–Crippen LogP) is 5.63. The van der Waals surface area contributed by atoms with E-state index < -0.39 is 90.6 Å². The van der Waals surface area contributed by atoms with Gasteiger partial charge in [-0.2, -0.15) is 0 Å². The molecular weight excluding hydrogens is 813 g/mol. The molecule has 4 fully saturated rings. The lowest BCUT2D eigenvalue weighted by Gasteiger charge is -2.50. The van der Waals surface area contributed by atoms with Crippen LogP contribution in [0.5, 0.6) is 0 Å². The zero-order valence-corrected chi connectivity index (χ0v) is 38.9. The van der Waals surface area contributed by atoms with Gasteiger partial charge < -0.3 is 62.7 Å². The molecule has 14 nitrogen and oxygen atoms in total. The van der Waals surface area contributed by atoms with Crippen molar-refractivity contribution in [1.82, 2.24) is 0 Å². The second-order valence-electron chi connectivity index (χ2n) is 19.3. The molecule has 1 aliphatic carbocycles. The first-order valence-corrected chi connectivity index (χ1v) is 23.3. The van der Waals surface area contributed by atoms with Crippen molar-refractivity contribution in [3.05, 3.63) is 59.3 Å². The maximum Gasteiger partial charge on any atom is 0.316 e. The number of hydrogen-bond donors (Lipinski definition) is 3. The molecule has 7 aliphatic rings. The molecule has 0 aromatic carbocycles. The summed E-state index contributed by atoms with van der Waals surface area (Å²) in [5.74, 6) is -3.28. The van der Waals surface area contributed by atoms with Crippen LogP contribution in [0.3, 0.4) is 0 Å². The van der Waals surface area contributed by atoms with Crippen LogP contribution in [-0.4, -0.2) is 140 Å². The highest BCUT2D eigenvalue weighted by Crippen LogP contribution is 2.47. The summed E-state index contributed by atoms with van der Waals surface area (Å²) < 4.78 is 63.7. The van der Waals surface area contributed by atoms with Crippen molar-refractivity contribution in [2.75, 3.05) is 27.4 Å². The Labute approximate surface area is 373 Å². The summed E-state index contributed by atoms with van der Waals surface area (Å²) in [6.07, 6.45) is 9.81. The SMILES string of the molecule is CC[C@H](C)[C@H]1OC2(C=C[C@@H]1C)C[C@@H]1C[C@@H](C/C=C(\C)[C@@H](O[C@H]3C[C@H](OC)[C@@H](O[C@H]4C[C@H](OC)[C@@H](O)C(C)O4)[C@H](C)O3)[C@@H](C)/C=C/C=C3\COC[C@@H]4[C@H](O)C(C)=CC(C(=O)O1)[C@]34O)O2. The summed E-state index contributed by atoms with van der Waals surface area (Å²) in [7, 11) is 3.22. The number of fused-ring (bicyclic) bond motifs is 2. The summed E-state index contributed by atoms with van der Waals surface area (Å²) in [5, 5.41) is 34.6. The molecule has 7 rings (SSSR count). The van der Waals surface area contributed by atoms with Crippen molar-refractivity contribution < 1.29 is 67.5 Å². The Morgan fingerprint density at radius 3 is 2.33 bits per heavy atom. The highest BCUT2D eigenvalue weighted by Gasteiger charge is 2.58. The third-order valence-electron chi connectivity index (χ3n) is 14.9. The van der Waals surface area contributed by atoms with Crippen LogP contribution in [0.15, 0.2) is 59.3 Å². The molecule has 0 aromatic heterocycles. The van der Waals surface area contributed by atoms with E-state index >= 15 is 0 Å². The molecule has 63 heavy (non-hydrogen) atoms. The highest BCUT2D eigenvalue weighted by molar-refractivity contribution is 5.78. The Bertz CT molecular complexity index is 1740. The summed E-state index contributed by atoms with van der Waals surface area (Å²) in [6.45, 7) is 16.3. The molecule has 4 saturated heterocycles. The van der Waals surface area contributed by atoms with Gasteiger partial charge in [0.1, 0.15) is 29.8 Å². The van der Waals surface area contributed by atoms with E-state index in [2.05, 4.69) is 39.8 Å². The minimum Gasteiger partial charge on any atom is -0.462 e. The van der Waals surface area contributed by atoms with Gasteiger partial charge in [0.2, 0.25) is 0 Å². The Hall–Kier alpha value is -2.31. The molecule has 1 spiro atoms. The fourth-order valence-corrected chi connectivity index (χ4v) is 10.9. The van der Waals surface area contributed by atoms with Gasteiger partial charge in [0.15, 0.2) is 18.4 Å². The molecule has 2 bridgehead atoms. The van der Waals surface area contributed by atoms with Gasteiger partial charge in [0.05, 0.1) is 62.0 Å². The molecule has 3 unspecified atom stereocenters. The number of ether oxygens (including phenoxy) is 10. The average Bonchev–Trinajstić information content (AvgIpc) is 3.25. The van der Waals surface area contributed by atoms with Gasteiger partial charge in [-0.15, -0.1) is 0 Å². The molecule has 6 aliphatic heterocycles. The Balaban J connectivity index is 1.19. The zero-order valence-electron chi connectivity index (χ0n) is 38.9. The largest absolute Gasteiger partial charge is 0.462 e. The van der Waals surface area contributed by atoms with Crippen molar-refractivity contribution in [3.63, 3.8) is 0 Å². The van der Waals surface area contributed by atoms with Gasteiger partial charge in [-0.05, 0) is 62.8 Å². The van der Waals surface area contributed by atoms with Crippen LogP contribution in [0.2, 0.25) is 0 Å². The molecule has 6 heterocycles. The van der Waals surface area contributed by atoms with Crippen LogP contribution in [0.4, 0.5) is 0 Å². The number of carbonyl (C=O) groups is 1. The molecule has 0 radical (unpaired) electrons. The minimum absolute atomic E-state index is 0.0806. The van der Waals surface area contributed by atoms with Crippen LogP contribution in [0.25, 0.3) is 0 Å². The van der Waals surface area contributed by atoms with E-state index in [9.17, 15) is 20.1 Å². The van der Waals surface area contributed by atoms with Gasteiger partial charge in [-0.25, -0.2) is 0 Å². The van der Waals surface area contributed by atoms with E-state index in [0.717, 1.165) is 12.0 Å². The van der Waals surface area contributed by atoms with Gasteiger partial charge in [0.25, 0.3) is 0 Å². The molecule has 20 atom stereocenters. The topological polar surface area (TPSA) is 170 Å². The van der Waals surface area contributed by atoms with Gasteiger partial charge in [-0.1, -0.05) is 70.6 Å². The number of aliphatic hydroxyl groups is 3. The second kappa shape index (κ2) is 20.3. The molecule has 354 valence electrons. The minimum atomic E-state index is -1.75. The number of hydrogen-bond acceptors (Lipinski definition) is 14. The Kier molecular flexibility index (Phi) is 15.7. The van der Waals surface area contributed by atoms with E-state index in [4.69, 9.17) is 47.4 Å². The molecular formula is C49H74O14. The van der Waals surface area contributed by atoms with Crippen LogP contribution in [-0.2, 0) is 52.2 Å². The fraction of sp³-hybridized carbons (Fsp3) is 0.776. The zero-order chi connectivity index (χ0) is 45.4. The summed E-state index contributed by atoms with van der Waals surface area (Å²) in [5.41, 5.74) is 0.277. The standard InChI is InChI=1S/C49H74O14/c1-11-26(2)45-29(5)17-18-48(63-45)23-35-20-34(62-48)16-15-28(4)44(60-41-22-39(55-10)46(32(8)58-41)61-40-21-38(54-9)43(51)31(7)57-40)27(3)13-12-14-33-24-56-25-37-42(50)30(6)19-36(47(52)59-35)49(33,37)53/h12-15,17-19,26-27,29,31-32,34-46,50-51,53H,11,16,20-25H2,1-10H3/b13-12+,28-15+,33-14+/t26-,27-,29-,31?,32-,34+,35-,36?,37+,38-,39-,40-,41-,42+,43-,44-,45+,46-,48?,49+/m0/s1. The third kappa shape index (κ3) is 10.2. The van der Waals surface area contributed by atoms with Crippen molar-refractivity contribution >= 4 is 5.97 Å². The maximum atomic E-state index is 14.5. The van der Waals surface area contributed by atoms with Crippen molar-refractivity contribution in [1.29, 1.82) is 0 Å². The molecule has 0 aromatic rings. The fourth-order valence-electron chi connectivity index (χ4n) is 10.9. The molecule has 0 saturated carbocycles. The van der Waals surface area contributed by atoms with Gasteiger partial charge in [0, 0.05) is 57.7 Å². The first-order valence-electron chi connectivity index (χ1n) is 23.3. The number of aliphatic hydroxyl groups excluding tert-OH is 2. The van der Waals surface area contributed by atoms with Crippen LogP contribution in [0.1, 0.15) is 93.9 Å². The van der Waals surface area contributed by atoms with Crippen molar-refractivity contribution in [2.24, 2.45) is 29.6 Å². The van der Waals surface area contributed by atoms with Gasteiger partial charge >= 0.3 is 5.97 Å². The Morgan fingerprint density at radius 1 is 0.889 bits per heavy atom. The summed E-state index contributed by atoms with van der Waals surface area (Å²) >= 11 is 0. The lowest BCUT2D eigenvalue weighted by atomic mass is 9.64. The number of rotatable bonds is 8. The lowest BCUT2D eigenvalue weighted by molar-refractivity contribution is -0.318. The van der Waals surface area contributed by atoms with E-state index in [1.807, 2.05) is 32.1 Å². The predicted molar refractivity (Wildman–Crippen MR) is 232 cm³/mol. The number of carbonyl (C=O) groups excluding carboxylic acids is 1. The average molecular weight is 887 g/mol. The quantitative estimate of drug-likeness (QED) is 0.203.